The maximum atomic E-state index is 12.3. The first-order chi connectivity index (χ1) is 13.4. The molecule has 144 valence electrons. The van der Waals surface area contributed by atoms with Gasteiger partial charge in [-0.05, 0) is 25.5 Å². The largest absolute Gasteiger partial charge is 0.465 e. The Morgan fingerprint density at radius 3 is 2.82 bits per heavy atom. The van der Waals surface area contributed by atoms with Crippen LogP contribution in [-0.2, 0) is 16.0 Å². The van der Waals surface area contributed by atoms with Crippen molar-refractivity contribution in [3.8, 4) is 0 Å². The number of nitrogens with one attached hydrogen (secondary N) is 2. The average molecular weight is 398 g/mol. The Balaban J connectivity index is 1.72. The molecule has 0 aliphatic carbocycles. The van der Waals surface area contributed by atoms with Crippen LogP contribution in [0.5, 0.6) is 0 Å². The molecule has 3 aromatic rings. The minimum atomic E-state index is -0.495. The molecule has 0 atom stereocenters. The molecule has 0 aliphatic heterocycles. The number of nitrogens with zero attached hydrogens (tertiary/aromatic N) is 2. The number of benzene rings is 1. The first-order valence-corrected chi connectivity index (χ1v) is 9.20. The lowest BCUT2D eigenvalue weighted by atomic mass is 10.1. The third-order valence-electron chi connectivity index (χ3n) is 4.18. The fourth-order valence-electron chi connectivity index (χ4n) is 2.65. The van der Waals surface area contributed by atoms with Gasteiger partial charge in [0.15, 0.2) is 0 Å². The molecule has 0 unspecified atom stereocenters. The zero-order valence-electron chi connectivity index (χ0n) is 15.5. The molecule has 2 aromatic heterocycles. The van der Waals surface area contributed by atoms with Gasteiger partial charge >= 0.3 is 5.97 Å². The van der Waals surface area contributed by atoms with Crippen molar-refractivity contribution in [3.63, 3.8) is 0 Å². The standard InChI is InChI=1S/C19H18N4O4S/c1-10-11(2)28-18-16(10)17(25)21-14(22-18)8-15(24)23-20-9-12-6-4-5-7-13(12)19(26)27-3/h4-7,9H,8H2,1-3H3,(H,23,24)(H,21,22,25)/b20-9-. The van der Waals surface area contributed by atoms with Crippen molar-refractivity contribution in [1.29, 1.82) is 0 Å². The molecule has 28 heavy (non-hydrogen) atoms. The van der Waals surface area contributed by atoms with E-state index >= 15 is 0 Å². The third-order valence-corrected chi connectivity index (χ3v) is 5.28. The summed E-state index contributed by atoms with van der Waals surface area (Å²) in [6.45, 7) is 3.80. The first kappa shape index (κ1) is 19.4. The van der Waals surface area contributed by atoms with Crippen LogP contribution >= 0.6 is 11.3 Å². The molecular weight excluding hydrogens is 380 g/mol. The lowest BCUT2D eigenvalue weighted by Crippen LogP contribution is -2.23. The summed E-state index contributed by atoms with van der Waals surface area (Å²) in [6, 6.07) is 6.72. The highest BCUT2D eigenvalue weighted by Gasteiger charge is 2.14. The van der Waals surface area contributed by atoms with Gasteiger partial charge in [0.1, 0.15) is 10.7 Å². The van der Waals surface area contributed by atoms with E-state index in [0.29, 0.717) is 21.3 Å². The van der Waals surface area contributed by atoms with Crippen LogP contribution in [-0.4, -0.2) is 35.2 Å². The normalized spacial score (nSPS) is 11.1. The van der Waals surface area contributed by atoms with E-state index in [0.717, 1.165) is 10.4 Å². The van der Waals surface area contributed by atoms with Gasteiger partial charge in [0, 0.05) is 10.4 Å². The Bertz CT molecular complexity index is 1150. The molecule has 1 aromatic carbocycles. The lowest BCUT2D eigenvalue weighted by molar-refractivity contribution is -0.120. The smallest absolute Gasteiger partial charge is 0.338 e. The van der Waals surface area contributed by atoms with Gasteiger partial charge in [0.2, 0.25) is 5.91 Å². The van der Waals surface area contributed by atoms with Gasteiger partial charge in [-0.2, -0.15) is 5.10 Å². The van der Waals surface area contributed by atoms with Crippen LogP contribution in [0.4, 0.5) is 0 Å². The van der Waals surface area contributed by atoms with E-state index in [1.807, 2.05) is 13.8 Å². The quantitative estimate of drug-likeness (QED) is 0.388. The van der Waals surface area contributed by atoms with Crippen molar-refractivity contribution in [1.82, 2.24) is 15.4 Å². The van der Waals surface area contributed by atoms with E-state index in [-0.39, 0.29) is 17.8 Å². The number of aromatic nitrogens is 2. The van der Waals surface area contributed by atoms with Crippen LogP contribution in [0.15, 0.2) is 34.2 Å². The number of methoxy groups -OCH3 is 1. The number of carbonyl (C=O) groups is 2. The maximum absolute atomic E-state index is 12.3. The zero-order valence-corrected chi connectivity index (χ0v) is 16.3. The first-order valence-electron chi connectivity index (χ1n) is 8.39. The monoisotopic (exact) mass is 398 g/mol. The minimum absolute atomic E-state index is 0.128. The number of ether oxygens (including phenoxy) is 1. The predicted molar refractivity (Wildman–Crippen MR) is 107 cm³/mol. The van der Waals surface area contributed by atoms with E-state index in [9.17, 15) is 14.4 Å². The molecule has 9 heteroatoms. The summed E-state index contributed by atoms with van der Waals surface area (Å²) in [7, 11) is 1.29. The van der Waals surface area contributed by atoms with Crippen molar-refractivity contribution in [2.75, 3.05) is 7.11 Å². The second-order valence-corrected chi connectivity index (χ2v) is 7.23. The number of thiophene rings is 1. The Morgan fingerprint density at radius 1 is 1.32 bits per heavy atom. The van der Waals surface area contributed by atoms with Gasteiger partial charge in [-0.3, -0.25) is 9.59 Å². The van der Waals surface area contributed by atoms with E-state index in [1.54, 1.807) is 24.3 Å². The fourth-order valence-corrected chi connectivity index (χ4v) is 3.70. The van der Waals surface area contributed by atoms with Gasteiger partial charge in [-0.25, -0.2) is 15.2 Å². The van der Waals surface area contributed by atoms with Crippen LogP contribution in [0.2, 0.25) is 0 Å². The Morgan fingerprint density at radius 2 is 2.07 bits per heavy atom. The Labute approximate surface area is 164 Å². The summed E-state index contributed by atoms with van der Waals surface area (Å²) in [5.74, 6) is -0.675. The minimum Gasteiger partial charge on any atom is -0.465 e. The number of hydrazone groups is 1. The number of H-pyrrole nitrogens is 1. The third kappa shape index (κ3) is 3.99. The summed E-state index contributed by atoms with van der Waals surface area (Å²) in [4.78, 5) is 44.7. The lowest BCUT2D eigenvalue weighted by Gasteiger charge is -2.03. The number of hydrogen-bond acceptors (Lipinski definition) is 7. The molecule has 0 saturated carbocycles. The zero-order chi connectivity index (χ0) is 20.3. The molecule has 0 saturated heterocycles. The van der Waals surface area contributed by atoms with Crippen LogP contribution in [0.3, 0.4) is 0 Å². The summed E-state index contributed by atoms with van der Waals surface area (Å²) in [5, 5.41) is 4.43. The SMILES string of the molecule is COC(=O)c1ccccc1/C=N\NC(=O)Cc1nc2sc(C)c(C)c2c(=O)[nH]1. The number of aryl methyl sites for hydroxylation is 2. The number of fused-ring (bicyclic) bond motifs is 1. The van der Waals surface area contributed by atoms with E-state index in [1.165, 1.54) is 24.7 Å². The second-order valence-electron chi connectivity index (χ2n) is 6.02. The summed E-state index contributed by atoms with van der Waals surface area (Å²) in [5.41, 5.74) is 3.85. The molecule has 0 aliphatic rings. The van der Waals surface area contributed by atoms with Crippen LogP contribution in [0.1, 0.15) is 32.2 Å². The topological polar surface area (TPSA) is 114 Å². The molecular formula is C19H18N4O4S. The number of esters is 1. The Hall–Kier alpha value is -3.33. The highest BCUT2D eigenvalue weighted by molar-refractivity contribution is 7.18. The van der Waals surface area contributed by atoms with E-state index < -0.39 is 11.9 Å². The van der Waals surface area contributed by atoms with Crippen molar-refractivity contribution < 1.29 is 14.3 Å². The van der Waals surface area contributed by atoms with E-state index in [2.05, 4.69) is 20.5 Å². The number of hydrogen-bond donors (Lipinski definition) is 2. The highest BCUT2D eigenvalue weighted by atomic mass is 32.1. The average Bonchev–Trinajstić information content (AvgIpc) is 2.95. The number of amides is 1. The molecule has 0 bridgehead atoms. The number of carbonyl (C=O) groups excluding carboxylic acids is 2. The van der Waals surface area contributed by atoms with Crippen molar-refractivity contribution >= 4 is 39.6 Å². The van der Waals surface area contributed by atoms with E-state index in [4.69, 9.17) is 4.74 Å². The summed E-state index contributed by atoms with van der Waals surface area (Å²) < 4.78 is 4.71. The van der Waals surface area contributed by atoms with Crippen molar-refractivity contribution in [2.45, 2.75) is 20.3 Å². The predicted octanol–water partition coefficient (Wildman–Crippen LogP) is 2.08. The molecule has 8 nitrogen and oxygen atoms in total. The highest BCUT2D eigenvalue weighted by Crippen LogP contribution is 2.25. The van der Waals surface area contributed by atoms with Gasteiger partial charge < -0.3 is 9.72 Å². The van der Waals surface area contributed by atoms with Crippen LogP contribution in [0.25, 0.3) is 10.2 Å². The molecule has 0 fully saturated rings. The van der Waals surface area contributed by atoms with Crippen molar-refractivity contribution in [3.05, 3.63) is 62.0 Å². The maximum Gasteiger partial charge on any atom is 0.338 e. The number of aromatic amines is 1. The summed E-state index contributed by atoms with van der Waals surface area (Å²) in [6.07, 6.45) is 1.23. The van der Waals surface area contributed by atoms with Crippen LogP contribution < -0.4 is 11.0 Å². The van der Waals surface area contributed by atoms with Gasteiger partial charge in [-0.15, -0.1) is 11.3 Å². The number of rotatable bonds is 5. The van der Waals surface area contributed by atoms with Gasteiger partial charge in [-0.1, -0.05) is 18.2 Å². The fraction of sp³-hybridized carbons (Fsp3) is 0.211. The second kappa shape index (κ2) is 8.13. The molecule has 3 rings (SSSR count). The van der Waals surface area contributed by atoms with Gasteiger partial charge in [0.25, 0.3) is 5.56 Å². The summed E-state index contributed by atoms with van der Waals surface area (Å²) >= 11 is 1.42. The molecule has 1 amide bonds. The molecule has 0 spiro atoms. The molecule has 2 N–H and O–H groups in total. The van der Waals surface area contributed by atoms with Crippen molar-refractivity contribution in [2.24, 2.45) is 5.10 Å². The molecule has 0 radical (unpaired) electrons. The van der Waals surface area contributed by atoms with Gasteiger partial charge in [0.05, 0.1) is 30.7 Å². The Kier molecular flexibility index (Phi) is 5.65. The molecule has 2 heterocycles. The van der Waals surface area contributed by atoms with Crippen LogP contribution in [0, 0.1) is 13.8 Å².